The van der Waals surface area contributed by atoms with E-state index in [0.29, 0.717) is 199 Å². The van der Waals surface area contributed by atoms with Gasteiger partial charge in [-0.25, -0.2) is 46.8 Å². The fourth-order valence-electron chi connectivity index (χ4n) is 14.7. The van der Waals surface area contributed by atoms with Gasteiger partial charge in [0.15, 0.2) is 40.0 Å². The second kappa shape index (κ2) is 33.4. The van der Waals surface area contributed by atoms with Gasteiger partial charge in [0.1, 0.15) is 34.9 Å². The van der Waals surface area contributed by atoms with E-state index in [1.807, 2.05) is 106 Å². The summed E-state index contributed by atoms with van der Waals surface area (Å²) in [6, 6.07) is 31.8. The molecule has 0 radical (unpaired) electrons. The lowest BCUT2D eigenvalue weighted by molar-refractivity contribution is -0.929. The van der Waals surface area contributed by atoms with Gasteiger partial charge in [-0.15, -0.1) is 0 Å². The van der Waals surface area contributed by atoms with E-state index in [2.05, 4.69) is 26.2 Å². The van der Waals surface area contributed by atoms with Crippen LogP contribution in [0, 0.1) is 0 Å². The first-order chi connectivity index (χ1) is 49.4. The number of unbranched alkanes of at least 4 members (excludes halogenated alkanes) is 5. The third kappa shape index (κ3) is 21.7. The predicted octanol–water partition coefficient (Wildman–Crippen LogP) is 7.88. The molecule has 105 heavy (non-hydrogen) atoms. The number of nitrogens with zero attached hydrogens (tertiary/aromatic N) is 10. The van der Waals surface area contributed by atoms with Crippen molar-refractivity contribution in [2.75, 3.05) is 94.3 Å². The number of quaternary nitrogens is 2. The number of amidine groups is 4. The van der Waals surface area contributed by atoms with Gasteiger partial charge in [-0.05, 0) is 122 Å². The monoisotopic (exact) mass is 1600 g/mol. The van der Waals surface area contributed by atoms with E-state index in [1.54, 1.807) is 0 Å². The minimum Gasteiger partial charge on any atom is -0.748 e. The summed E-state index contributed by atoms with van der Waals surface area (Å²) in [4.78, 5) is 45.2. The second-order valence-electron chi connectivity index (χ2n) is 29.0. The molecule has 0 amide bonds. The van der Waals surface area contributed by atoms with E-state index in [0.717, 1.165) is 0 Å². The molecule has 4 aliphatic rings. The Kier molecular flexibility index (Phi) is 25.9. The average molecular weight is 1600 g/mol. The second-order valence-corrected chi connectivity index (χ2v) is 48.5. The van der Waals surface area contributed by atoms with Crippen molar-refractivity contribution in [3.8, 4) is 0 Å². The molecule has 4 aliphatic heterocycles. The maximum Gasteiger partial charge on any atom is 0.582 e. The lowest BCUT2D eigenvalue weighted by Gasteiger charge is -2.44. The molecule has 29 nitrogen and oxygen atoms in total. The fraction of sp³-hybridized carbons (Fsp3) is 0.515. The zero-order valence-electron chi connectivity index (χ0n) is 59.8. The summed E-state index contributed by atoms with van der Waals surface area (Å²) in [5.41, 5.74) is 3.63. The van der Waals surface area contributed by atoms with Crippen molar-refractivity contribution in [3.05, 3.63) is 130 Å². The quantitative estimate of drug-likeness (QED) is 0.0142. The molecule has 37 heteroatoms. The summed E-state index contributed by atoms with van der Waals surface area (Å²) in [7, 11) is -34.1. The zero-order valence-corrected chi connectivity index (χ0v) is 66.9. The van der Waals surface area contributed by atoms with Gasteiger partial charge in [0, 0.05) is 61.7 Å². The number of ketones is 1. The number of ether oxygens (including phenoxy) is 1. The third-order valence-corrected chi connectivity index (χ3v) is 35.3. The van der Waals surface area contributed by atoms with Gasteiger partial charge in [0.25, 0.3) is 30.4 Å². The van der Waals surface area contributed by atoms with E-state index in [1.165, 1.54) is 6.92 Å². The molecule has 6 bridgehead atoms. The topological polar surface area (TPSA) is 406 Å². The first-order valence-corrected chi connectivity index (χ1v) is 51.4. The van der Waals surface area contributed by atoms with Crippen LogP contribution in [0.25, 0.3) is 21.5 Å². The Bertz CT molecular complexity index is 4810. The Hall–Kier alpha value is -6.09. The van der Waals surface area contributed by atoms with Gasteiger partial charge in [0.2, 0.25) is 0 Å². The summed E-state index contributed by atoms with van der Waals surface area (Å²) in [5, 5.41) is 2.66. The summed E-state index contributed by atoms with van der Waals surface area (Å²) < 4.78 is 202. The van der Waals surface area contributed by atoms with Crippen molar-refractivity contribution in [2.45, 2.75) is 129 Å². The van der Waals surface area contributed by atoms with Crippen LogP contribution in [-0.4, -0.2) is 231 Å². The highest BCUT2D eigenvalue weighted by Crippen LogP contribution is 2.46. The van der Waals surface area contributed by atoms with Gasteiger partial charge in [-0.3, -0.25) is 26.9 Å². The van der Waals surface area contributed by atoms with E-state index < -0.39 is 105 Å². The third-order valence-electron chi connectivity index (χ3n) is 19.7. The molecule has 10 rings (SSSR count). The van der Waals surface area contributed by atoms with Crippen molar-refractivity contribution in [1.82, 2.24) is 8.47 Å². The van der Waals surface area contributed by atoms with Crippen molar-refractivity contribution >= 4 is 138 Å². The number of carbonyl (C=O) groups is 1. The molecule has 1 atom stereocenters. The van der Waals surface area contributed by atoms with Crippen LogP contribution in [0.5, 0.6) is 0 Å². The number of aromatic nitrogens is 2. The first-order valence-electron chi connectivity index (χ1n) is 35.5. The number of aliphatic imine (C=N–C) groups is 4. The number of rotatable bonds is 43. The molecule has 0 fully saturated rings. The Balaban J connectivity index is 1.19. The number of fused-ring (bicyclic) bond motifs is 14. The number of hydrogen-bond acceptors (Lipinski definition) is 22. The lowest BCUT2D eigenvalue weighted by atomic mass is 10.1. The van der Waals surface area contributed by atoms with Crippen molar-refractivity contribution < 1.29 is 91.6 Å². The Morgan fingerprint density at radius 1 is 0.419 bits per heavy atom. The van der Waals surface area contributed by atoms with Gasteiger partial charge in [0.05, 0.1) is 96.5 Å². The van der Waals surface area contributed by atoms with Gasteiger partial charge in [-0.1, -0.05) is 97.1 Å². The Labute approximate surface area is 617 Å². The summed E-state index contributed by atoms with van der Waals surface area (Å²) >= 11 is 0. The molecule has 3 N–H and O–H groups in total. The maximum absolute atomic E-state index is 12.1. The standard InChI is InChI=1S/C68H94N10O19S5Si3/c1-52(79)34-43-95-44-42-78(38-17-22-48-101(89,90)91,39-18-23-49-102(92,93)94)41-25-51-104(4,5)97-105(96-103(2,3)50-24-40-77(35-14-19-45-98(80,81)82,36-15-20-46-99(83,84)85)37-16-21-47-100(86,87)88)75-65-57-30-10-11-31-58(57)67(75)73-63-55-28-8-9-29-56(55)64(70-63)74-68-60-33-13-12-32-59(60)66(76(68)105)72-62-54-27-7-6-26-53(54)61(69-62)71-65/h6-13,26-33H,14-25,34-51H2,1-5H3,(H3-2,80,81,82,83,84,85,86,87,88,89,90,91,92,93,94). The van der Waals surface area contributed by atoms with E-state index in [-0.39, 0.29) is 66.5 Å². The van der Waals surface area contributed by atoms with Crippen molar-refractivity contribution in [3.63, 3.8) is 0 Å². The summed E-state index contributed by atoms with van der Waals surface area (Å²) in [5.74, 6) is -0.594. The van der Waals surface area contributed by atoms with E-state index in [4.69, 9.17) is 42.9 Å². The molecule has 0 spiro atoms. The molecule has 0 saturated heterocycles. The number of carbonyl (C=O) groups excluding carboxylic acids is 1. The van der Waals surface area contributed by atoms with E-state index >= 15 is 0 Å². The molecule has 572 valence electrons. The highest BCUT2D eigenvalue weighted by molar-refractivity contribution is 7.86. The highest BCUT2D eigenvalue weighted by atomic mass is 32.2. The molecule has 0 aliphatic carbocycles. The molecular formula is C68H94N10O19S5Si3. The minimum absolute atomic E-state index is 0.0525. The van der Waals surface area contributed by atoms with Crippen LogP contribution >= 0.6 is 0 Å². The van der Waals surface area contributed by atoms with Crippen LogP contribution < -0.4 is 11.0 Å². The normalized spacial score (nSPS) is 16.3. The highest BCUT2D eigenvalue weighted by Gasteiger charge is 2.58. The molecule has 1 unspecified atom stereocenters. The van der Waals surface area contributed by atoms with Gasteiger partial charge in [-0.2, -0.15) is 25.3 Å². The number of hydrogen-bond donors (Lipinski definition) is 3. The predicted molar refractivity (Wildman–Crippen MR) is 407 cm³/mol. The Morgan fingerprint density at radius 3 is 1.08 bits per heavy atom. The summed E-state index contributed by atoms with van der Waals surface area (Å²) in [6.07, 6.45) is 2.88. The van der Waals surface area contributed by atoms with Crippen molar-refractivity contribution in [1.29, 1.82) is 0 Å². The fourth-order valence-corrected chi connectivity index (χ4v) is 30.1. The molecule has 0 saturated carbocycles. The number of Topliss-reactive ketones (excluding diaryl/α,β-unsaturated/α-hetero) is 1. The molecular weight excluding hydrogens is 1510 g/mol. The van der Waals surface area contributed by atoms with Crippen LogP contribution in [-0.2, 0) is 68.4 Å². The largest absolute Gasteiger partial charge is 0.748 e. The van der Waals surface area contributed by atoms with Gasteiger partial charge < -0.3 is 31.0 Å². The minimum atomic E-state index is -4.96. The molecule has 6 heterocycles. The average Bonchev–Trinajstić information content (AvgIpc) is 1.53. The number of benzene rings is 4. The molecule has 2 aromatic heterocycles. The van der Waals surface area contributed by atoms with Crippen LogP contribution in [0.1, 0.15) is 113 Å². The van der Waals surface area contributed by atoms with Crippen LogP contribution in [0.4, 0.5) is 11.6 Å². The maximum atomic E-state index is 12.1. The zero-order chi connectivity index (χ0) is 75.9. The summed E-state index contributed by atoms with van der Waals surface area (Å²) in [6.45, 7) is 13.0. The van der Waals surface area contributed by atoms with Gasteiger partial charge >= 0.3 is 8.88 Å². The van der Waals surface area contributed by atoms with E-state index in [9.17, 15) is 69.6 Å². The smallest absolute Gasteiger partial charge is 0.582 e. The molecule has 6 aromatic rings. The van der Waals surface area contributed by atoms with Crippen LogP contribution in [0.2, 0.25) is 38.3 Å². The molecule has 4 aromatic carbocycles. The SMILES string of the molecule is CC(=O)CCOCC[N+](CCCCS(=O)(=O)[O-])(CCCCS(=O)(=O)[O-])CCC[Si](C)(C)O[Si]1(O[Si](C)(C)CCC[N+](CCCCS(=O)(=O)O)(CCCCS(=O)(=O)O)CCCCS(=O)(=O)O)n2c3c4ccccc4c2N=C2N=C(N=c4c5ccccc5c(n41)=NC1=NC(=N3)c3ccccc31)c1ccccc12. The van der Waals surface area contributed by atoms with Crippen LogP contribution in [0.15, 0.2) is 127 Å². The Morgan fingerprint density at radius 2 is 0.733 bits per heavy atom. The van der Waals surface area contributed by atoms with Crippen LogP contribution in [0.3, 0.4) is 0 Å². The van der Waals surface area contributed by atoms with Crippen molar-refractivity contribution in [2.24, 2.45) is 30.0 Å². The lowest BCUT2D eigenvalue weighted by Crippen LogP contribution is -2.70. The first kappa shape index (κ1) is 81.4.